The van der Waals surface area contributed by atoms with Gasteiger partial charge in [-0.1, -0.05) is 22.0 Å². The average Bonchev–Trinajstić information content (AvgIpc) is 2.80. The molecule has 1 heterocycles. The zero-order chi connectivity index (χ0) is 13.6. The summed E-state index contributed by atoms with van der Waals surface area (Å²) in [4.78, 5) is 0. The fraction of sp³-hybridized carbons (Fsp3) is 0. The van der Waals surface area contributed by atoms with E-state index in [9.17, 15) is 9.50 Å². The Kier molecular flexibility index (Phi) is 3.11. The number of furan rings is 1. The molecular weight excluding hydrogens is 379 g/mol. The number of fused-ring (bicyclic) bond motifs is 1. The van der Waals surface area contributed by atoms with Gasteiger partial charge in [0.05, 0.1) is 16.1 Å². The van der Waals surface area contributed by atoms with Crippen LogP contribution in [0.3, 0.4) is 0 Å². The second kappa shape index (κ2) is 4.65. The minimum Gasteiger partial charge on any atom is -0.507 e. The van der Waals surface area contributed by atoms with Crippen molar-refractivity contribution in [3.63, 3.8) is 0 Å². The van der Waals surface area contributed by atoms with E-state index in [1.54, 1.807) is 24.3 Å². The smallest absolute Gasteiger partial charge is 0.152 e. The molecule has 3 rings (SSSR count). The van der Waals surface area contributed by atoms with E-state index >= 15 is 0 Å². The van der Waals surface area contributed by atoms with Crippen molar-refractivity contribution in [3.05, 3.63) is 51.4 Å². The molecule has 2 aromatic carbocycles. The van der Waals surface area contributed by atoms with Gasteiger partial charge >= 0.3 is 0 Å². The van der Waals surface area contributed by atoms with E-state index in [0.717, 1.165) is 0 Å². The van der Waals surface area contributed by atoms with E-state index in [4.69, 9.17) is 4.42 Å². The summed E-state index contributed by atoms with van der Waals surface area (Å²) < 4.78 is 20.8. The summed E-state index contributed by atoms with van der Waals surface area (Å²) in [7, 11) is 0. The van der Waals surface area contributed by atoms with Gasteiger partial charge in [0.15, 0.2) is 5.58 Å². The summed E-state index contributed by atoms with van der Waals surface area (Å²) in [5.41, 5.74) is 1.41. The molecule has 0 aliphatic rings. The first-order valence-corrected chi connectivity index (χ1v) is 7.00. The lowest BCUT2D eigenvalue weighted by Gasteiger charge is -2.03. The van der Waals surface area contributed by atoms with Crippen LogP contribution in [0.1, 0.15) is 0 Å². The van der Waals surface area contributed by atoms with Gasteiger partial charge in [-0.25, -0.2) is 4.39 Å². The quantitative estimate of drug-likeness (QED) is 0.602. The standard InChI is InChI=1S/C14H7Br2FO2/c15-7-1-2-8(11(17)5-7)9-6-19-14-10(16)3-4-12(18)13(9)14/h1-6,18H. The highest BCUT2D eigenvalue weighted by molar-refractivity contribution is 9.11. The van der Waals surface area contributed by atoms with Gasteiger partial charge in [0.25, 0.3) is 0 Å². The number of phenolic OH excluding ortho intramolecular Hbond substituents is 1. The molecule has 0 spiro atoms. The van der Waals surface area contributed by atoms with Crippen LogP contribution < -0.4 is 0 Å². The Morgan fingerprint density at radius 1 is 1.05 bits per heavy atom. The molecule has 0 aliphatic heterocycles. The van der Waals surface area contributed by atoms with Crippen molar-refractivity contribution < 1.29 is 13.9 Å². The molecule has 0 saturated carbocycles. The maximum Gasteiger partial charge on any atom is 0.152 e. The molecule has 5 heteroatoms. The Morgan fingerprint density at radius 3 is 2.58 bits per heavy atom. The van der Waals surface area contributed by atoms with Gasteiger partial charge in [-0.3, -0.25) is 0 Å². The van der Waals surface area contributed by atoms with Crippen LogP contribution in [0, 0.1) is 5.82 Å². The van der Waals surface area contributed by atoms with Crippen LogP contribution in [0.15, 0.2) is 50.0 Å². The summed E-state index contributed by atoms with van der Waals surface area (Å²) in [6.45, 7) is 0. The molecule has 0 amide bonds. The highest BCUT2D eigenvalue weighted by Gasteiger charge is 2.17. The largest absolute Gasteiger partial charge is 0.507 e. The van der Waals surface area contributed by atoms with E-state index in [1.807, 2.05) is 0 Å². The molecule has 0 saturated heterocycles. The Morgan fingerprint density at radius 2 is 1.84 bits per heavy atom. The van der Waals surface area contributed by atoms with E-state index < -0.39 is 0 Å². The van der Waals surface area contributed by atoms with E-state index in [2.05, 4.69) is 31.9 Å². The topological polar surface area (TPSA) is 33.4 Å². The van der Waals surface area contributed by atoms with Crippen LogP contribution in [-0.2, 0) is 0 Å². The third kappa shape index (κ3) is 2.07. The van der Waals surface area contributed by atoms with Crippen molar-refractivity contribution in [2.24, 2.45) is 0 Å². The normalized spacial score (nSPS) is 11.1. The first kappa shape index (κ1) is 12.7. The average molecular weight is 386 g/mol. The number of hydrogen-bond donors (Lipinski definition) is 1. The van der Waals surface area contributed by atoms with Crippen molar-refractivity contribution in [2.45, 2.75) is 0 Å². The SMILES string of the molecule is Oc1ccc(Br)c2occ(-c3ccc(Br)cc3F)c12. The van der Waals surface area contributed by atoms with Gasteiger partial charge in [-0.15, -0.1) is 0 Å². The lowest BCUT2D eigenvalue weighted by Crippen LogP contribution is -1.83. The maximum absolute atomic E-state index is 14.0. The molecule has 96 valence electrons. The minimum absolute atomic E-state index is 0.0595. The lowest BCUT2D eigenvalue weighted by atomic mass is 10.0. The Labute approximate surface area is 125 Å². The summed E-state index contributed by atoms with van der Waals surface area (Å²) in [6, 6.07) is 7.99. The van der Waals surface area contributed by atoms with Gasteiger partial charge in [0.1, 0.15) is 11.6 Å². The fourth-order valence-electron chi connectivity index (χ4n) is 2.01. The van der Waals surface area contributed by atoms with Gasteiger partial charge in [0, 0.05) is 15.6 Å². The molecule has 0 bridgehead atoms. The summed E-state index contributed by atoms with van der Waals surface area (Å²) in [5, 5.41) is 10.5. The van der Waals surface area contributed by atoms with Gasteiger partial charge in [0.2, 0.25) is 0 Å². The fourth-order valence-corrected chi connectivity index (χ4v) is 2.76. The molecule has 3 aromatic rings. The molecule has 1 N–H and O–H groups in total. The lowest BCUT2D eigenvalue weighted by molar-refractivity contribution is 0.481. The van der Waals surface area contributed by atoms with E-state index in [0.29, 0.717) is 31.0 Å². The van der Waals surface area contributed by atoms with Gasteiger partial charge in [-0.05, 0) is 40.2 Å². The van der Waals surface area contributed by atoms with Crippen molar-refractivity contribution in [2.75, 3.05) is 0 Å². The highest BCUT2D eigenvalue weighted by Crippen LogP contribution is 2.40. The highest BCUT2D eigenvalue weighted by atomic mass is 79.9. The summed E-state index contributed by atoms with van der Waals surface area (Å²) in [5.74, 6) is -0.319. The monoisotopic (exact) mass is 384 g/mol. The van der Waals surface area contributed by atoms with Gasteiger partial charge < -0.3 is 9.52 Å². The summed E-state index contributed by atoms with van der Waals surface area (Å²) in [6.07, 6.45) is 1.45. The number of aromatic hydroxyl groups is 1. The van der Waals surface area contributed by atoms with Crippen LogP contribution in [0.2, 0.25) is 0 Å². The Balaban J connectivity index is 2.34. The number of halogens is 3. The molecule has 0 unspecified atom stereocenters. The van der Waals surface area contributed by atoms with Crippen LogP contribution in [0.5, 0.6) is 5.75 Å². The number of benzene rings is 2. The molecule has 0 fully saturated rings. The predicted octanol–water partition coefficient (Wildman–Crippen LogP) is 5.47. The molecule has 0 radical (unpaired) electrons. The van der Waals surface area contributed by atoms with Crippen LogP contribution in [0.25, 0.3) is 22.1 Å². The van der Waals surface area contributed by atoms with E-state index in [1.165, 1.54) is 12.3 Å². The van der Waals surface area contributed by atoms with Crippen molar-refractivity contribution >= 4 is 42.8 Å². The Hall–Kier alpha value is -1.33. The van der Waals surface area contributed by atoms with Crippen molar-refractivity contribution in [3.8, 4) is 16.9 Å². The van der Waals surface area contributed by atoms with Gasteiger partial charge in [-0.2, -0.15) is 0 Å². The van der Waals surface area contributed by atoms with E-state index in [-0.39, 0.29) is 11.6 Å². The van der Waals surface area contributed by atoms with Crippen LogP contribution >= 0.6 is 31.9 Å². The third-order valence-corrected chi connectivity index (χ3v) is 3.99. The van der Waals surface area contributed by atoms with Crippen LogP contribution in [-0.4, -0.2) is 5.11 Å². The third-order valence-electron chi connectivity index (χ3n) is 2.87. The van der Waals surface area contributed by atoms with Crippen molar-refractivity contribution in [1.82, 2.24) is 0 Å². The first-order chi connectivity index (χ1) is 9.08. The minimum atomic E-state index is -0.378. The first-order valence-electron chi connectivity index (χ1n) is 5.42. The molecule has 0 atom stereocenters. The van der Waals surface area contributed by atoms with Crippen LogP contribution in [0.4, 0.5) is 4.39 Å². The Bertz CT molecular complexity index is 780. The second-order valence-electron chi connectivity index (χ2n) is 4.04. The molecule has 1 aromatic heterocycles. The number of hydrogen-bond acceptors (Lipinski definition) is 2. The second-order valence-corrected chi connectivity index (χ2v) is 5.81. The number of rotatable bonds is 1. The zero-order valence-electron chi connectivity index (χ0n) is 9.45. The zero-order valence-corrected chi connectivity index (χ0v) is 12.6. The number of phenols is 1. The molecule has 2 nitrogen and oxygen atoms in total. The van der Waals surface area contributed by atoms with Crippen molar-refractivity contribution in [1.29, 1.82) is 0 Å². The maximum atomic E-state index is 14.0. The molecule has 0 aliphatic carbocycles. The molecule has 19 heavy (non-hydrogen) atoms. The predicted molar refractivity (Wildman–Crippen MR) is 78.7 cm³/mol. The molecular formula is C14H7Br2FO2. The summed E-state index contributed by atoms with van der Waals surface area (Å²) >= 11 is 6.56.